The fourth-order valence-electron chi connectivity index (χ4n) is 1.21. The normalized spacial score (nSPS) is 10.8. The van der Waals surface area contributed by atoms with Gasteiger partial charge in [-0.1, -0.05) is 17.7 Å². The molecule has 3 nitrogen and oxygen atoms in total. The number of rotatable bonds is 1. The quantitative estimate of drug-likeness (QED) is 0.637. The summed E-state index contributed by atoms with van der Waals surface area (Å²) in [7, 11) is -1.51. The maximum absolute atomic E-state index is 9.57. The third-order valence-electron chi connectivity index (χ3n) is 1.88. The first-order chi connectivity index (χ1) is 6.59. The van der Waals surface area contributed by atoms with E-state index in [4.69, 9.17) is 21.6 Å². The zero-order chi connectivity index (χ0) is 10.3. The van der Waals surface area contributed by atoms with Gasteiger partial charge >= 0.3 is 7.12 Å². The number of halogens is 1. The maximum Gasteiger partial charge on any atom is 0.499 e. The van der Waals surface area contributed by atoms with Crippen molar-refractivity contribution >= 4 is 44.9 Å². The summed E-state index contributed by atoms with van der Waals surface area (Å²) in [5.74, 6) is -0.0129. The highest BCUT2D eigenvalue weighted by atomic mass is 35.5. The van der Waals surface area contributed by atoms with Gasteiger partial charge in [0.05, 0.1) is 9.72 Å². The summed E-state index contributed by atoms with van der Waals surface area (Å²) in [6.45, 7) is 0. The summed E-state index contributed by atoms with van der Waals surface area (Å²) in [5.41, 5.74) is 0. The Balaban J connectivity index is 2.71. The van der Waals surface area contributed by atoms with Gasteiger partial charge in [-0.05, 0) is 17.5 Å². The van der Waals surface area contributed by atoms with Gasteiger partial charge in [-0.25, -0.2) is 0 Å². The number of phenolic OH excluding ortho intramolecular Hbond substituents is 1. The SMILES string of the molecule is OB(O)c1cc2ccc(Cl)c(O)c2s1. The molecule has 2 aromatic rings. The smallest absolute Gasteiger partial charge is 0.499 e. The fraction of sp³-hybridized carbons (Fsp3) is 0. The molecule has 0 saturated heterocycles. The van der Waals surface area contributed by atoms with Gasteiger partial charge in [-0.3, -0.25) is 0 Å². The van der Waals surface area contributed by atoms with E-state index in [1.807, 2.05) is 0 Å². The molecule has 6 heteroatoms. The number of benzene rings is 1. The topological polar surface area (TPSA) is 60.7 Å². The number of hydrogen-bond acceptors (Lipinski definition) is 4. The molecule has 1 heterocycles. The molecule has 0 aliphatic heterocycles. The largest absolute Gasteiger partial charge is 0.505 e. The summed E-state index contributed by atoms with van der Waals surface area (Å²) in [6.07, 6.45) is 0. The van der Waals surface area contributed by atoms with E-state index in [1.54, 1.807) is 18.2 Å². The number of hydrogen-bond donors (Lipinski definition) is 3. The highest BCUT2D eigenvalue weighted by Gasteiger charge is 2.16. The Morgan fingerprint density at radius 2 is 2.00 bits per heavy atom. The zero-order valence-electron chi connectivity index (χ0n) is 6.94. The average Bonchev–Trinajstić information content (AvgIpc) is 2.56. The number of phenols is 1. The molecule has 0 saturated carbocycles. The second kappa shape index (κ2) is 3.44. The van der Waals surface area contributed by atoms with Crippen LogP contribution in [0, 0.1) is 0 Å². The van der Waals surface area contributed by atoms with Gasteiger partial charge < -0.3 is 15.2 Å². The van der Waals surface area contributed by atoms with Crippen LogP contribution in [0.5, 0.6) is 5.75 Å². The average molecular weight is 228 g/mol. The first-order valence-corrected chi connectivity index (χ1v) is 5.06. The van der Waals surface area contributed by atoms with Gasteiger partial charge in [0.1, 0.15) is 0 Å². The maximum atomic E-state index is 9.57. The van der Waals surface area contributed by atoms with Crippen molar-refractivity contribution in [2.24, 2.45) is 0 Å². The lowest BCUT2D eigenvalue weighted by atomic mass is 9.89. The van der Waals surface area contributed by atoms with Gasteiger partial charge in [0, 0.05) is 4.78 Å². The Labute approximate surface area is 89.3 Å². The van der Waals surface area contributed by atoms with Crippen LogP contribution in [0.15, 0.2) is 18.2 Å². The molecule has 0 bridgehead atoms. The predicted molar refractivity (Wildman–Crippen MR) is 58.3 cm³/mol. The number of aromatic hydroxyl groups is 1. The van der Waals surface area contributed by atoms with Crippen LogP contribution >= 0.6 is 22.9 Å². The molecular formula is C8H6BClO3S. The lowest BCUT2D eigenvalue weighted by Gasteiger charge is -1.95. The van der Waals surface area contributed by atoms with Gasteiger partial charge in [-0.2, -0.15) is 0 Å². The Bertz CT molecular complexity index is 483. The molecular weight excluding hydrogens is 222 g/mol. The van der Waals surface area contributed by atoms with E-state index in [0.717, 1.165) is 16.7 Å². The minimum absolute atomic E-state index is 0.0129. The molecule has 0 atom stereocenters. The molecule has 1 aromatic heterocycles. The third kappa shape index (κ3) is 1.48. The Morgan fingerprint density at radius 3 is 2.64 bits per heavy atom. The van der Waals surface area contributed by atoms with Gasteiger partial charge in [-0.15, -0.1) is 11.3 Å². The van der Waals surface area contributed by atoms with Gasteiger partial charge in [0.25, 0.3) is 0 Å². The molecule has 0 aliphatic rings. The zero-order valence-corrected chi connectivity index (χ0v) is 8.51. The highest BCUT2D eigenvalue weighted by molar-refractivity contribution is 7.28. The number of thiophene rings is 1. The summed E-state index contributed by atoms with van der Waals surface area (Å²) in [4.78, 5) is 0. The molecule has 14 heavy (non-hydrogen) atoms. The first kappa shape index (κ1) is 9.80. The molecule has 0 spiro atoms. The Kier molecular flexibility index (Phi) is 2.40. The van der Waals surface area contributed by atoms with Crippen LogP contribution in [-0.2, 0) is 0 Å². The van der Waals surface area contributed by atoms with Crippen molar-refractivity contribution in [1.29, 1.82) is 0 Å². The molecule has 0 radical (unpaired) electrons. The second-order valence-corrected chi connectivity index (χ2v) is 4.33. The molecule has 72 valence electrons. The minimum atomic E-state index is -1.51. The van der Waals surface area contributed by atoms with Crippen molar-refractivity contribution in [3.8, 4) is 5.75 Å². The molecule has 2 rings (SSSR count). The van der Waals surface area contributed by atoms with E-state index >= 15 is 0 Å². The van der Waals surface area contributed by atoms with Crippen LogP contribution < -0.4 is 4.78 Å². The van der Waals surface area contributed by atoms with Gasteiger partial charge in [0.2, 0.25) is 0 Å². The Hall–Kier alpha value is -0.745. The molecule has 0 fully saturated rings. The molecule has 3 N–H and O–H groups in total. The van der Waals surface area contributed by atoms with Crippen molar-refractivity contribution in [2.75, 3.05) is 0 Å². The summed E-state index contributed by atoms with van der Waals surface area (Å²) < 4.78 is 0.957. The minimum Gasteiger partial charge on any atom is -0.505 e. The molecule has 0 aliphatic carbocycles. The van der Waals surface area contributed by atoms with Crippen molar-refractivity contribution in [1.82, 2.24) is 0 Å². The number of fused-ring (bicyclic) bond motifs is 1. The van der Waals surface area contributed by atoms with Crippen LogP contribution in [-0.4, -0.2) is 22.3 Å². The molecule has 0 unspecified atom stereocenters. The molecule has 0 amide bonds. The van der Waals surface area contributed by atoms with E-state index in [2.05, 4.69) is 0 Å². The second-order valence-electron chi connectivity index (χ2n) is 2.84. The molecule has 1 aromatic carbocycles. The summed E-state index contributed by atoms with van der Waals surface area (Å²) in [6, 6.07) is 4.90. The van der Waals surface area contributed by atoms with Crippen molar-refractivity contribution in [3.63, 3.8) is 0 Å². The van der Waals surface area contributed by atoms with Crippen LogP contribution in [0.3, 0.4) is 0 Å². The predicted octanol–water partition coefficient (Wildman–Crippen LogP) is 0.940. The summed E-state index contributed by atoms with van der Waals surface area (Å²) in [5, 5.41) is 28.5. The van der Waals surface area contributed by atoms with E-state index in [-0.39, 0.29) is 10.8 Å². The van der Waals surface area contributed by atoms with Crippen LogP contribution in [0.4, 0.5) is 0 Å². The van der Waals surface area contributed by atoms with Crippen molar-refractivity contribution < 1.29 is 15.2 Å². The summed E-state index contributed by atoms with van der Waals surface area (Å²) >= 11 is 6.82. The Morgan fingerprint density at radius 1 is 1.29 bits per heavy atom. The van der Waals surface area contributed by atoms with Crippen LogP contribution in [0.2, 0.25) is 5.02 Å². The first-order valence-electron chi connectivity index (χ1n) is 3.86. The van der Waals surface area contributed by atoms with Crippen molar-refractivity contribution in [2.45, 2.75) is 0 Å². The fourth-order valence-corrected chi connectivity index (χ4v) is 2.40. The van der Waals surface area contributed by atoms with Crippen LogP contribution in [0.25, 0.3) is 10.1 Å². The van der Waals surface area contributed by atoms with Crippen LogP contribution in [0.1, 0.15) is 0 Å². The lowest BCUT2D eigenvalue weighted by molar-refractivity contribution is 0.427. The third-order valence-corrected chi connectivity index (χ3v) is 3.39. The van der Waals surface area contributed by atoms with Crippen molar-refractivity contribution in [3.05, 3.63) is 23.2 Å². The lowest BCUT2D eigenvalue weighted by Crippen LogP contribution is -2.26. The van der Waals surface area contributed by atoms with E-state index < -0.39 is 7.12 Å². The standard InChI is InChI=1S/C8H6BClO3S/c10-5-2-1-4-3-6(9(12)13)14-8(4)7(5)11/h1-3,11-13H. The highest BCUT2D eigenvalue weighted by Crippen LogP contribution is 2.34. The van der Waals surface area contributed by atoms with E-state index in [1.165, 1.54) is 0 Å². The van der Waals surface area contributed by atoms with E-state index in [0.29, 0.717) is 9.48 Å². The van der Waals surface area contributed by atoms with E-state index in [9.17, 15) is 5.11 Å². The monoisotopic (exact) mass is 228 g/mol. The van der Waals surface area contributed by atoms with Gasteiger partial charge in [0.15, 0.2) is 5.75 Å².